The zero-order valence-electron chi connectivity index (χ0n) is 17.4. The van der Waals surface area contributed by atoms with Gasteiger partial charge >= 0.3 is 0 Å². The Morgan fingerprint density at radius 3 is 2.54 bits per heavy atom. The molecule has 0 aromatic carbocycles. The molecule has 0 aromatic rings. The van der Waals surface area contributed by atoms with Gasteiger partial charge in [-0.1, -0.05) is 20.8 Å². The quantitative estimate of drug-likeness (QED) is 0.539. The Bertz CT molecular complexity index is 398. The minimum absolute atomic E-state index is 0.330. The summed E-state index contributed by atoms with van der Waals surface area (Å²) in [4.78, 5) is 17.0. The topological polar surface area (TPSA) is 44.8 Å². The predicted molar refractivity (Wildman–Crippen MR) is 107 cm³/mol. The Morgan fingerprint density at radius 1 is 1.15 bits per heavy atom. The van der Waals surface area contributed by atoms with Crippen molar-refractivity contribution in [3.63, 3.8) is 0 Å². The van der Waals surface area contributed by atoms with Crippen molar-refractivity contribution in [1.29, 1.82) is 0 Å². The van der Waals surface area contributed by atoms with Gasteiger partial charge < -0.3 is 19.9 Å². The second kappa shape index (κ2) is 11.3. The van der Waals surface area contributed by atoms with E-state index < -0.39 is 0 Å². The highest BCUT2D eigenvalue weighted by atomic mass is 16.5. The number of ether oxygens (including phenoxy) is 1. The van der Waals surface area contributed by atoms with Crippen molar-refractivity contribution < 1.29 is 9.53 Å². The first-order valence-electron chi connectivity index (χ1n) is 10.8. The molecule has 1 amide bonds. The third-order valence-electron chi connectivity index (χ3n) is 5.92. The first-order chi connectivity index (χ1) is 12.5. The fourth-order valence-electron chi connectivity index (χ4n) is 4.02. The van der Waals surface area contributed by atoms with Crippen molar-refractivity contribution in [1.82, 2.24) is 15.1 Å². The zero-order chi connectivity index (χ0) is 18.8. The van der Waals surface area contributed by atoms with Gasteiger partial charge in [-0.05, 0) is 70.7 Å². The van der Waals surface area contributed by atoms with Gasteiger partial charge in [0.05, 0.1) is 0 Å². The molecular formula is C21H41N3O2. The number of nitrogens with one attached hydrogen (secondary N) is 1. The molecular weight excluding hydrogens is 326 g/mol. The minimum Gasteiger partial charge on any atom is -0.381 e. The molecule has 152 valence electrons. The molecule has 0 atom stereocenters. The third-order valence-corrected chi connectivity index (χ3v) is 5.92. The Hall–Kier alpha value is -0.650. The van der Waals surface area contributed by atoms with Crippen LogP contribution in [0.3, 0.4) is 0 Å². The highest BCUT2D eigenvalue weighted by Gasteiger charge is 2.46. The highest BCUT2D eigenvalue weighted by Crippen LogP contribution is 2.40. The van der Waals surface area contributed by atoms with Gasteiger partial charge in [-0.2, -0.15) is 0 Å². The molecule has 0 aliphatic carbocycles. The van der Waals surface area contributed by atoms with Crippen LogP contribution in [0.5, 0.6) is 0 Å². The lowest BCUT2D eigenvalue weighted by molar-refractivity contribution is -0.147. The summed E-state index contributed by atoms with van der Waals surface area (Å²) < 4.78 is 5.61. The van der Waals surface area contributed by atoms with Crippen molar-refractivity contribution in [2.24, 2.45) is 11.3 Å². The van der Waals surface area contributed by atoms with Gasteiger partial charge in [-0.15, -0.1) is 0 Å². The Kier molecular flexibility index (Phi) is 9.37. The van der Waals surface area contributed by atoms with Crippen molar-refractivity contribution in [3.8, 4) is 0 Å². The first-order valence-corrected chi connectivity index (χ1v) is 10.8. The maximum Gasteiger partial charge on any atom is 0.222 e. The van der Waals surface area contributed by atoms with Crippen LogP contribution in [0.15, 0.2) is 0 Å². The van der Waals surface area contributed by atoms with Crippen LogP contribution in [0, 0.1) is 11.3 Å². The average molecular weight is 368 g/mol. The van der Waals surface area contributed by atoms with E-state index in [0.29, 0.717) is 23.7 Å². The molecule has 1 N–H and O–H groups in total. The van der Waals surface area contributed by atoms with Crippen LogP contribution < -0.4 is 5.32 Å². The third kappa shape index (κ3) is 7.16. The minimum atomic E-state index is 0.330. The molecule has 0 saturated carbocycles. The molecule has 0 radical (unpaired) electrons. The van der Waals surface area contributed by atoms with Crippen molar-refractivity contribution in [3.05, 3.63) is 0 Å². The molecule has 1 spiro atoms. The molecule has 2 aliphatic heterocycles. The second-order valence-electron chi connectivity index (χ2n) is 8.70. The standard InChI is InChI=1S/C21H41N3O2/c1-4-22-11-6-12-23-13-9-21(10-14-23)17-24(18-21)20(25)7-5-15-26-16-8-19(2)3/h19,22H,4-18H2,1-3H3. The maximum atomic E-state index is 12.3. The van der Waals surface area contributed by atoms with Gasteiger partial charge in [0.1, 0.15) is 0 Å². The lowest BCUT2D eigenvalue weighted by Gasteiger charge is -2.54. The number of hydrogen-bond acceptors (Lipinski definition) is 4. The Labute approximate surface area is 160 Å². The molecule has 0 bridgehead atoms. The number of carbonyl (C=O) groups is 1. The van der Waals surface area contributed by atoms with Gasteiger partial charge in [0, 0.05) is 38.1 Å². The van der Waals surface area contributed by atoms with Crippen LogP contribution in [0.1, 0.15) is 59.3 Å². The summed E-state index contributed by atoms with van der Waals surface area (Å²) in [6.45, 7) is 15.9. The number of piperidine rings is 1. The summed E-state index contributed by atoms with van der Waals surface area (Å²) in [5.41, 5.74) is 0.432. The number of carbonyl (C=O) groups excluding carboxylic acids is 1. The van der Waals surface area contributed by atoms with Crippen LogP contribution in [0.25, 0.3) is 0 Å². The molecule has 5 nitrogen and oxygen atoms in total. The molecule has 26 heavy (non-hydrogen) atoms. The van der Waals surface area contributed by atoms with E-state index in [1.54, 1.807) is 0 Å². The molecule has 0 unspecified atom stereocenters. The van der Waals surface area contributed by atoms with Crippen LogP contribution in [0.4, 0.5) is 0 Å². The van der Waals surface area contributed by atoms with Gasteiger partial charge in [-0.25, -0.2) is 0 Å². The average Bonchev–Trinajstić information content (AvgIpc) is 2.60. The number of likely N-dealkylation sites (tertiary alicyclic amines) is 2. The molecule has 2 rings (SSSR count). The van der Waals surface area contributed by atoms with E-state index in [1.165, 1.54) is 38.9 Å². The fourth-order valence-corrected chi connectivity index (χ4v) is 4.02. The SMILES string of the molecule is CCNCCCN1CCC2(CC1)CN(C(=O)CCCOCCC(C)C)C2. The largest absolute Gasteiger partial charge is 0.381 e. The number of hydrogen-bond donors (Lipinski definition) is 1. The second-order valence-corrected chi connectivity index (χ2v) is 8.70. The summed E-state index contributed by atoms with van der Waals surface area (Å²) in [5, 5.41) is 3.40. The number of amides is 1. The first kappa shape index (κ1) is 21.6. The van der Waals surface area contributed by atoms with E-state index in [-0.39, 0.29) is 0 Å². The summed E-state index contributed by atoms with van der Waals surface area (Å²) in [6, 6.07) is 0. The van der Waals surface area contributed by atoms with Gasteiger partial charge in [0.15, 0.2) is 0 Å². The monoisotopic (exact) mass is 367 g/mol. The van der Waals surface area contributed by atoms with Crippen LogP contribution in [-0.4, -0.2) is 74.7 Å². The van der Waals surface area contributed by atoms with Gasteiger partial charge in [0.25, 0.3) is 0 Å². The fraction of sp³-hybridized carbons (Fsp3) is 0.952. The lowest BCUT2D eigenvalue weighted by atomic mass is 9.72. The van der Waals surface area contributed by atoms with Crippen LogP contribution >= 0.6 is 0 Å². The molecule has 0 aromatic heterocycles. The van der Waals surface area contributed by atoms with E-state index in [4.69, 9.17) is 4.74 Å². The lowest BCUT2D eigenvalue weighted by Crippen LogP contribution is -2.61. The summed E-state index contributed by atoms with van der Waals surface area (Å²) in [5.74, 6) is 1.02. The van der Waals surface area contributed by atoms with Crippen LogP contribution in [-0.2, 0) is 9.53 Å². The molecule has 5 heteroatoms. The van der Waals surface area contributed by atoms with E-state index in [0.717, 1.165) is 52.2 Å². The van der Waals surface area contributed by atoms with Gasteiger partial charge in [0.2, 0.25) is 5.91 Å². The summed E-state index contributed by atoms with van der Waals surface area (Å²) in [6.07, 6.45) is 6.38. The van der Waals surface area contributed by atoms with Crippen LogP contribution in [0.2, 0.25) is 0 Å². The number of rotatable bonds is 12. The van der Waals surface area contributed by atoms with E-state index >= 15 is 0 Å². The maximum absolute atomic E-state index is 12.3. The van der Waals surface area contributed by atoms with E-state index in [2.05, 4.69) is 35.9 Å². The smallest absolute Gasteiger partial charge is 0.222 e. The van der Waals surface area contributed by atoms with E-state index in [9.17, 15) is 4.79 Å². The highest BCUT2D eigenvalue weighted by molar-refractivity contribution is 5.77. The zero-order valence-corrected chi connectivity index (χ0v) is 17.4. The van der Waals surface area contributed by atoms with Gasteiger partial charge in [-0.3, -0.25) is 4.79 Å². The molecule has 2 fully saturated rings. The molecule has 2 heterocycles. The Balaban J connectivity index is 1.51. The predicted octanol–water partition coefficient (Wildman–Crippen LogP) is 2.75. The summed E-state index contributed by atoms with van der Waals surface area (Å²) >= 11 is 0. The normalized spacial score (nSPS) is 19.9. The molecule has 2 aliphatic rings. The van der Waals surface area contributed by atoms with Crippen molar-refractivity contribution in [2.75, 3.05) is 59.0 Å². The number of nitrogens with zero attached hydrogens (tertiary/aromatic N) is 2. The van der Waals surface area contributed by atoms with E-state index in [1.807, 2.05) is 0 Å². The Morgan fingerprint density at radius 2 is 1.88 bits per heavy atom. The summed E-state index contributed by atoms with van der Waals surface area (Å²) in [7, 11) is 0. The van der Waals surface area contributed by atoms with Crippen molar-refractivity contribution >= 4 is 5.91 Å². The van der Waals surface area contributed by atoms with Crippen molar-refractivity contribution in [2.45, 2.75) is 59.3 Å². The molecule has 2 saturated heterocycles.